The fourth-order valence-corrected chi connectivity index (χ4v) is 1.30. The fraction of sp³-hybridized carbons (Fsp3) is 0.417. The van der Waals surface area contributed by atoms with Crippen molar-refractivity contribution in [3.8, 4) is 0 Å². The minimum absolute atomic E-state index is 0.181. The minimum atomic E-state index is -0.675. The highest BCUT2D eigenvalue weighted by Crippen LogP contribution is 2.18. The first-order valence-corrected chi connectivity index (χ1v) is 5.27. The predicted molar refractivity (Wildman–Crippen MR) is 58.8 cm³/mol. The van der Waals surface area contributed by atoms with Gasteiger partial charge in [0.25, 0.3) is 0 Å². The van der Waals surface area contributed by atoms with Crippen molar-refractivity contribution in [1.82, 2.24) is 0 Å². The van der Waals surface area contributed by atoms with Gasteiger partial charge in [0.05, 0.1) is 0 Å². The van der Waals surface area contributed by atoms with Gasteiger partial charge in [-0.15, -0.1) is 0 Å². The lowest BCUT2D eigenvalue weighted by Crippen LogP contribution is -2.19. The summed E-state index contributed by atoms with van der Waals surface area (Å²) < 4.78 is 9.45. The number of carbonyl (C=O) groups is 3. The zero-order chi connectivity index (χ0) is 13.0. The van der Waals surface area contributed by atoms with Gasteiger partial charge < -0.3 is 9.47 Å². The van der Waals surface area contributed by atoms with Crippen LogP contribution in [0.2, 0.25) is 0 Å². The van der Waals surface area contributed by atoms with E-state index in [1.165, 1.54) is 0 Å². The van der Waals surface area contributed by atoms with E-state index in [9.17, 15) is 14.4 Å². The smallest absolute Gasteiger partial charge is 0.342 e. The Balaban J connectivity index is 2.62. The molecule has 0 spiro atoms. The Bertz CT molecular complexity index is 405. The lowest BCUT2D eigenvalue weighted by Gasteiger charge is -2.15. The lowest BCUT2D eigenvalue weighted by molar-refractivity contribution is -0.152. The summed E-state index contributed by atoms with van der Waals surface area (Å²) in [6, 6.07) is 0. The molecule has 17 heavy (non-hydrogen) atoms. The van der Waals surface area contributed by atoms with Gasteiger partial charge in [-0.3, -0.25) is 0 Å². The highest BCUT2D eigenvalue weighted by Gasteiger charge is 2.27. The Morgan fingerprint density at radius 2 is 2.18 bits per heavy atom. The maximum absolute atomic E-state index is 11.3. The molecule has 0 aromatic heterocycles. The first kappa shape index (κ1) is 13.2. The Hall–Kier alpha value is -1.91. The third kappa shape index (κ3) is 3.55. The summed E-state index contributed by atoms with van der Waals surface area (Å²) in [5.74, 6) is -1.85. The maximum Gasteiger partial charge on any atom is 0.342 e. The predicted octanol–water partition coefficient (Wildman–Crippen LogP) is 1.28. The number of rotatable bonds is 5. The molecule has 1 aliphatic rings. The normalized spacial score (nSPS) is 16.2. The average Bonchev–Trinajstić information content (AvgIpc) is 2.56. The quantitative estimate of drug-likeness (QED) is 0.410. The SMILES string of the molecule is C=C(C)C(=O)OC(CC)CC1=CC(=O)OC1=O. The second kappa shape index (κ2) is 5.43. The number of hydrogen-bond acceptors (Lipinski definition) is 5. The van der Waals surface area contributed by atoms with Gasteiger partial charge >= 0.3 is 17.9 Å². The van der Waals surface area contributed by atoms with Gasteiger partial charge in [0.2, 0.25) is 0 Å². The molecule has 0 fully saturated rings. The molecule has 5 heteroatoms. The van der Waals surface area contributed by atoms with Crippen LogP contribution < -0.4 is 0 Å². The number of esters is 3. The summed E-state index contributed by atoms with van der Waals surface area (Å²) in [5.41, 5.74) is 0.527. The molecule has 1 heterocycles. The van der Waals surface area contributed by atoms with E-state index in [4.69, 9.17) is 4.74 Å². The molecule has 0 saturated heterocycles. The molecule has 0 radical (unpaired) electrons. The van der Waals surface area contributed by atoms with Crippen molar-refractivity contribution in [3.05, 3.63) is 23.8 Å². The van der Waals surface area contributed by atoms with Crippen LogP contribution in [0, 0.1) is 0 Å². The third-order valence-electron chi connectivity index (χ3n) is 2.27. The van der Waals surface area contributed by atoms with Crippen LogP contribution in [-0.4, -0.2) is 24.0 Å². The standard InChI is InChI=1S/C12H14O5/c1-4-9(16-11(14)7(2)3)5-8-6-10(13)17-12(8)15/h6,9H,2,4-5H2,1,3H3. The molecule has 1 unspecified atom stereocenters. The van der Waals surface area contributed by atoms with E-state index in [0.29, 0.717) is 12.0 Å². The van der Waals surface area contributed by atoms with E-state index in [-0.39, 0.29) is 12.0 Å². The van der Waals surface area contributed by atoms with E-state index >= 15 is 0 Å². The van der Waals surface area contributed by atoms with Crippen LogP contribution in [0.1, 0.15) is 26.7 Å². The molecule has 1 rings (SSSR count). The van der Waals surface area contributed by atoms with Crippen LogP contribution in [0.5, 0.6) is 0 Å². The van der Waals surface area contributed by atoms with Crippen LogP contribution in [-0.2, 0) is 23.9 Å². The van der Waals surface area contributed by atoms with Gasteiger partial charge in [0, 0.05) is 23.6 Å². The Morgan fingerprint density at radius 1 is 1.53 bits per heavy atom. The molecular weight excluding hydrogens is 224 g/mol. The molecular formula is C12H14O5. The molecule has 1 aliphatic heterocycles. The molecule has 1 atom stereocenters. The molecule has 0 aliphatic carbocycles. The van der Waals surface area contributed by atoms with Crippen molar-refractivity contribution < 1.29 is 23.9 Å². The molecule has 92 valence electrons. The molecule has 0 N–H and O–H groups in total. The van der Waals surface area contributed by atoms with Crippen LogP contribution >= 0.6 is 0 Å². The number of carbonyl (C=O) groups excluding carboxylic acids is 3. The van der Waals surface area contributed by atoms with Crippen LogP contribution in [0.4, 0.5) is 0 Å². The van der Waals surface area contributed by atoms with Crippen molar-refractivity contribution >= 4 is 17.9 Å². The van der Waals surface area contributed by atoms with Gasteiger partial charge in [-0.25, -0.2) is 14.4 Å². The topological polar surface area (TPSA) is 69.7 Å². The van der Waals surface area contributed by atoms with E-state index in [2.05, 4.69) is 11.3 Å². The number of hydrogen-bond donors (Lipinski definition) is 0. The van der Waals surface area contributed by atoms with Crippen molar-refractivity contribution in [1.29, 1.82) is 0 Å². The molecule has 0 bridgehead atoms. The van der Waals surface area contributed by atoms with E-state index in [1.54, 1.807) is 6.92 Å². The fourth-order valence-electron chi connectivity index (χ4n) is 1.30. The average molecular weight is 238 g/mol. The van der Waals surface area contributed by atoms with E-state index < -0.39 is 24.0 Å². The highest BCUT2D eigenvalue weighted by molar-refractivity contribution is 6.08. The summed E-state index contributed by atoms with van der Waals surface area (Å²) in [6.45, 7) is 6.83. The molecule has 0 aromatic rings. The van der Waals surface area contributed by atoms with Crippen LogP contribution in [0.15, 0.2) is 23.8 Å². The van der Waals surface area contributed by atoms with Crippen molar-refractivity contribution in [2.45, 2.75) is 32.8 Å². The number of cyclic esters (lactones) is 2. The Morgan fingerprint density at radius 3 is 2.59 bits per heavy atom. The maximum atomic E-state index is 11.3. The second-order valence-electron chi connectivity index (χ2n) is 3.80. The third-order valence-corrected chi connectivity index (χ3v) is 2.27. The molecule has 0 saturated carbocycles. The number of ether oxygens (including phenoxy) is 2. The van der Waals surface area contributed by atoms with Crippen LogP contribution in [0.25, 0.3) is 0 Å². The monoisotopic (exact) mass is 238 g/mol. The Labute approximate surface area is 99.1 Å². The zero-order valence-electron chi connectivity index (χ0n) is 9.82. The zero-order valence-corrected chi connectivity index (χ0v) is 9.82. The van der Waals surface area contributed by atoms with Gasteiger partial charge in [0.1, 0.15) is 6.10 Å². The second-order valence-corrected chi connectivity index (χ2v) is 3.80. The van der Waals surface area contributed by atoms with Crippen LogP contribution in [0.3, 0.4) is 0 Å². The van der Waals surface area contributed by atoms with Crippen molar-refractivity contribution in [2.24, 2.45) is 0 Å². The lowest BCUT2D eigenvalue weighted by atomic mass is 10.1. The van der Waals surface area contributed by atoms with Gasteiger partial charge in [-0.05, 0) is 13.3 Å². The van der Waals surface area contributed by atoms with E-state index in [1.807, 2.05) is 6.92 Å². The highest BCUT2D eigenvalue weighted by atomic mass is 16.6. The summed E-state index contributed by atoms with van der Waals surface area (Å²) in [6.07, 6.45) is 1.39. The molecule has 5 nitrogen and oxygen atoms in total. The van der Waals surface area contributed by atoms with Gasteiger partial charge in [-0.2, -0.15) is 0 Å². The largest absolute Gasteiger partial charge is 0.459 e. The van der Waals surface area contributed by atoms with Gasteiger partial charge in [0.15, 0.2) is 0 Å². The minimum Gasteiger partial charge on any atom is -0.459 e. The Kier molecular flexibility index (Phi) is 4.20. The van der Waals surface area contributed by atoms with Crippen molar-refractivity contribution in [2.75, 3.05) is 0 Å². The molecule has 0 amide bonds. The molecule has 0 aromatic carbocycles. The summed E-state index contributed by atoms with van der Waals surface area (Å²) in [4.78, 5) is 33.3. The summed E-state index contributed by atoms with van der Waals surface area (Å²) in [7, 11) is 0. The first-order chi connectivity index (χ1) is 7.93. The summed E-state index contributed by atoms with van der Waals surface area (Å²) in [5, 5.41) is 0. The summed E-state index contributed by atoms with van der Waals surface area (Å²) >= 11 is 0. The van der Waals surface area contributed by atoms with E-state index in [0.717, 1.165) is 6.08 Å². The first-order valence-electron chi connectivity index (χ1n) is 5.27. The van der Waals surface area contributed by atoms with Gasteiger partial charge in [-0.1, -0.05) is 13.5 Å². The van der Waals surface area contributed by atoms with Crippen molar-refractivity contribution in [3.63, 3.8) is 0 Å².